The minimum atomic E-state index is -3.59. The number of nitrogens with one attached hydrogen (secondary N) is 2. The van der Waals surface area contributed by atoms with E-state index in [-0.39, 0.29) is 23.8 Å². The maximum atomic E-state index is 12.2. The van der Waals surface area contributed by atoms with E-state index in [1.807, 2.05) is 0 Å². The second-order valence-electron chi connectivity index (χ2n) is 6.45. The zero-order valence-electron chi connectivity index (χ0n) is 15.1. The topological polar surface area (TPSA) is 81.8 Å². The van der Waals surface area contributed by atoms with Gasteiger partial charge in [-0.25, -0.2) is 13.1 Å². The number of nitrogens with zero attached hydrogens (tertiary/aromatic N) is 2. The first-order chi connectivity index (χ1) is 12.4. The van der Waals surface area contributed by atoms with Gasteiger partial charge in [0.05, 0.1) is 4.90 Å². The number of benzene rings is 1. The van der Waals surface area contributed by atoms with Gasteiger partial charge in [0.1, 0.15) is 0 Å². The minimum Gasteiger partial charge on any atom is -0.356 e. The number of rotatable bonds is 9. The fourth-order valence-corrected chi connectivity index (χ4v) is 4.33. The average Bonchev–Trinajstić information content (AvgIpc) is 2.60. The van der Waals surface area contributed by atoms with E-state index >= 15 is 0 Å². The highest BCUT2D eigenvalue weighted by Gasteiger charge is 2.15. The molecule has 0 saturated carbocycles. The number of hydrogen-bond acceptors (Lipinski definition) is 5. The van der Waals surface area contributed by atoms with Crippen LogP contribution in [0.15, 0.2) is 33.6 Å². The zero-order valence-corrected chi connectivity index (χ0v) is 17.5. The molecule has 0 aliphatic carbocycles. The molecule has 0 bridgehead atoms. The van der Waals surface area contributed by atoms with Crippen molar-refractivity contribution >= 4 is 31.9 Å². The molecule has 1 fully saturated rings. The van der Waals surface area contributed by atoms with Crippen LogP contribution in [-0.2, 0) is 14.8 Å². The maximum Gasteiger partial charge on any atom is 0.240 e. The first-order valence-corrected chi connectivity index (χ1v) is 11.1. The summed E-state index contributed by atoms with van der Waals surface area (Å²) >= 11 is 3.25. The Bertz CT molecular complexity index is 691. The molecule has 1 aliphatic heterocycles. The van der Waals surface area contributed by atoms with Gasteiger partial charge in [-0.2, -0.15) is 0 Å². The molecular formula is C17H27BrN4O3S. The Morgan fingerprint density at radius 3 is 2.62 bits per heavy atom. The summed E-state index contributed by atoms with van der Waals surface area (Å²) < 4.78 is 27.5. The van der Waals surface area contributed by atoms with Crippen molar-refractivity contribution < 1.29 is 13.2 Å². The minimum absolute atomic E-state index is 0.0825. The highest BCUT2D eigenvalue weighted by molar-refractivity contribution is 9.10. The molecule has 1 aromatic rings. The lowest BCUT2D eigenvalue weighted by Crippen LogP contribution is -2.45. The summed E-state index contributed by atoms with van der Waals surface area (Å²) in [5.41, 5.74) is 0. The molecule has 1 aliphatic rings. The number of carbonyl (C=O) groups is 1. The molecule has 1 amide bonds. The van der Waals surface area contributed by atoms with Gasteiger partial charge in [-0.15, -0.1) is 0 Å². The van der Waals surface area contributed by atoms with E-state index < -0.39 is 10.0 Å². The predicted molar refractivity (Wildman–Crippen MR) is 106 cm³/mol. The summed E-state index contributed by atoms with van der Waals surface area (Å²) in [5, 5.41) is 2.85. The quantitative estimate of drug-likeness (QED) is 0.550. The number of sulfonamides is 1. The van der Waals surface area contributed by atoms with Crippen molar-refractivity contribution in [2.45, 2.75) is 17.7 Å². The molecule has 0 spiro atoms. The van der Waals surface area contributed by atoms with Crippen molar-refractivity contribution in [3.8, 4) is 0 Å². The highest BCUT2D eigenvalue weighted by atomic mass is 79.9. The fourth-order valence-electron chi connectivity index (χ4n) is 2.71. The number of likely N-dealkylation sites (N-methyl/N-ethyl adjacent to an activating group) is 1. The second kappa shape index (κ2) is 10.4. The fraction of sp³-hybridized carbons (Fsp3) is 0.588. The Labute approximate surface area is 164 Å². The van der Waals surface area contributed by atoms with Gasteiger partial charge in [0.2, 0.25) is 15.9 Å². The third kappa shape index (κ3) is 7.32. The SMILES string of the molecule is CN1CCN(CCCNC(=O)CCNS(=O)(=O)c2cccc(Br)c2)CC1. The summed E-state index contributed by atoms with van der Waals surface area (Å²) in [4.78, 5) is 16.7. The van der Waals surface area contributed by atoms with E-state index in [0.717, 1.165) is 39.1 Å². The van der Waals surface area contributed by atoms with Gasteiger partial charge in [0.15, 0.2) is 0 Å². The standard InChI is InChI=1S/C17H27BrN4O3S/c1-21-10-12-22(13-11-21)9-3-7-19-17(23)6-8-20-26(24,25)16-5-2-4-15(18)14-16/h2,4-5,14,20H,3,6-13H2,1H3,(H,19,23). The lowest BCUT2D eigenvalue weighted by molar-refractivity contribution is -0.120. The molecule has 0 aromatic heterocycles. The lowest BCUT2D eigenvalue weighted by Gasteiger charge is -2.32. The molecule has 1 saturated heterocycles. The van der Waals surface area contributed by atoms with E-state index in [9.17, 15) is 13.2 Å². The Morgan fingerprint density at radius 2 is 1.92 bits per heavy atom. The van der Waals surface area contributed by atoms with Crippen LogP contribution in [-0.4, -0.2) is 77.0 Å². The summed E-state index contributed by atoms with van der Waals surface area (Å²) in [7, 11) is -1.47. The molecule has 0 unspecified atom stereocenters. The van der Waals surface area contributed by atoms with E-state index in [1.54, 1.807) is 12.1 Å². The molecule has 7 nitrogen and oxygen atoms in total. The zero-order chi connectivity index (χ0) is 19.0. The van der Waals surface area contributed by atoms with Crippen molar-refractivity contribution in [3.63, 3.8) is 0 Å². The van der Waals surface area contributed by atoms with Crippen LogP contribution in [0.1, 0.15) is 12.8 Å². The predicted octanol–water partition coefficient (Wildman–Crippen LogP) is 0.871. The third-order valence-electron chi connectivity index (χ3n) is 4.32. The van der Waals surface area contributed by atoms with E-state index in [0.29, 0.717) is 11.0 Å². The second-order valence-corrected chi connectivity index (χ2v) is 9.14. The molecule has 1 heterocycles. The first-order valence-electron chi connectivity index (χ1n) is 8.80. The van der Waals surface area contributed by atoms with E-state index in [1.165, 1.54) is 12.1 Å². The molecule has 2 rings (SSSR count). The smallest absolute Gasteiger partial charge is 0.240 e. The van der Waals surface area contributed by atoms with E-state index in [2.05, 4.69) is 42.8 Å². The van der Waals surface area contributed by atoms with Crippen LogP contribution in [0.5, 0.6) is 0 Å². The molecule has 9 heteroatoms. The van der Waals surface area contributed by atoms with Gasteiger partial charge in [-0.05, 0) is 38.2 Å². The summed E-state index contributed by atoms with van der Waals surface area (Å²) in [5.74, 6) is -0.139. The highest BCUT2D eigenvalue weighted by Crippen LogP contribution is 2.15. The van der Waals surface area contributed by atoms with Crippen molar-refractivity contribution in [3.05, 3.63) is 28.7 Å². The van der Waals surface area contributed by atoms with Crippen molar-refractivity contribution in [1.29, 1.82) is 0 Å². The Morgan fingerprint density at radius 1 is 1.19 bits per heavy atom. The molecular weight excluding hydrogens is 420 g/mol. The van der Waals surface area contributed by atoms with Gasteiger partial charge in [-0.1, -0.05) is 22.0 Å². The van der Waals surface area contributed by atoms with Crippen LogP contribution >= 0.6 is 15.9 Å². The van der Waals surface area contributed by atoms with Crippen molar-refractivity contribution in [1.82, 2.24) is 19.8 Å². The summed E-state index contributed by atoms with van der Waals surface area (Å²) in [6.45, 7) is 5.99. The van der Waals surface area contributed by atoms with Gasteiger partial charge < -0.3 is 15.1 Å². The molecule has 0 atom stereocenters. The summed E-state index contributed by atoms with van der Waals surface area (Å²) in [6.07, 6.45) is 1.03. The van der Waals surface area contributed by atoms with Crippen LogP contribution in [0.25, 0.3) is 0 Å². The van der Waals surface area contributed by atoms with Crippen molar-refractivity contribution in [2.75, 3.05) is 52.9 Å². The van der Waals surface area contributed by atoms with Crippen LogP contribution in [0.3, 0.4) is 0 Å². The van der Waals surface area contributed by atoms with Gasteiger partial charge in [-0.3, -0.25) is 4.79 Å². The molecule has 146 valence electrons. The van der Waals surface area contributed by atoms with Gasteiger partial charge in [0.25, 0.3) is 0 Å². The number of piperazine rings is 1. The average molecular weight is 447 g/mol. The largest absolute Gasteiger partial charge is 0.356 e. The number of hydrogen-bond donors (Lipinski definition) is 2. The lowest BCUT2D eigenvalue weighted by atomic mass is 10.3. The number of halogens is 1. The normalized spacial score (nSPS) is 16.5. The first kappa shape index (κ1) is 21.3. The Hall–Kier alpha value is -1.00. The summed E-state index contributed by atoms with van der Waals surface area (Å²) in [6, 6.07) is 6.46. The molecule has 0 radical (unpaired) electrons. The van der Waals surface area contributed by atoms with E-state index in [4.69, 9.17) is 0 Å². The Balaban J connectivity index is 1.60. The molecule has 1 aromatic carbocycles. The maximum absolute atomic E-state index is 12.2. The van der Waals surface area contributed by atoms with Gasteiger partial charge in [0, 0.05) is 50.2 Å². The van der Waals surface area contributed by atoms with Crippen molar-refractivity contribution in [2.24, 2.45) is 0 Å². The molecule has 26 heavy (non-hydrogen) atoms. The Kier molecular flexibility index (Phi) is 8.49. The van der Waals surface area contributed by atoms with Gasteiger partial charge >= 0.3 is 0 Å². The molecule has 2 N–H and O–H groups in total. The van der Waals surface area contributed by atoms with Crippen LogP contribution in [0.4, 0.5) is 0 Å². The van der Waals surface area contributed by atoms with Crippen LogP contribution in [0, 0.1) is 0 Å². The van der Waals surface area contributed by atoms with Crippen LogP contribution < -0.4 is 10.0 Å². The number of carbonyl (C=O) groups excluding carboxylic acids is 1. The van der Waals surface area contributed by atoms with Crippen LogP contribution in [0.2, 0.25) is 0 Å². The monoisotopic (exact) mass is 446 g/mol. The third-order valence-corrected chi connectivity index (χ3v) is 6.27. The number of amides is 1.